The highest BCUT2D eigenvalue weighted by Crippen LogP contribution is 2.24. The molecule has 8 atom stereocenters. The predicted octanol–water partition coefficient (Wildman–Crippen LogP) is -3.33. The van der Waals surface area contributed by atoms with Crippen molar-refractivity contribution in [3.63, 3.8) is 0 Å². The summed E-state index contributed by atoms with van der Waals surface area (Å²) in [5, 5.41) is 31.5. The molecule has 2 aromatic heterocycles. The second-order valence-electron chi connectivity index (χ2n) is 19.0. The Bertz CT molecular complexity index is 2920. The first kappa shape index (κ1) is 64.0. The number of benzene rings is 2. The minimum Gasteiger partial charge on any atom is -0.481 e. The average Bonchev–Trinajstić information content (AvgIpc) is 4.33. The normalized spacial score (nSPS) is 21.2. The molecule has 1 aliphatic rings. The predicted molar refractivity (Wildman–Crippen MR) is 306 cm³/mol. The van der Waals surface area contributed by atoms with Crippen molar-refractivity contribution in [3.8, 4) is 0 Å². The van der Waals surface area contributed by atoms with Crippen LogP contribution in [-0.4, -0.2) is 164 Å². The number of aliphatic carboxylic acids is 1. The van der Waals surface area contributed by atoms with Crippen molar-refractivity contribution in [3.05, 3.63) is 90.1 Å². The van der Waals surface area contributed by atoms with Crippen LogP contribution in [0.4, 0.5) is 0 Å². The first-order valence-electron chi connectivity index (χ1n) is 26.0. The number of carbonyl (C=O) groups excluding carboxylic acids is 9. The molecule has 0 saturated carbocycles. The molecule has 31 heteroatoms. The van der Waals surface area contributed by atoms with Gasteiger partial charge in [0.25, 0.3) is 0 Å². The monoisotopic (exact) mass is 1170 g/mol. The van der Waals surface area contributed by atoms with Crippen LogP contribution in [0, 0.1) is 0 Å². The summed E-state index contributed by atoms with van der Waals surface area (Å²) >= 11 is 0. The molecule has 82 heavy (non-hydrogen) atoms. The number of H-pyrrole nitrogens is 2. The second kappa shape index (κ2) is 32.4. The van der Waals surface area contributed by atoms with Gasteiger partial charge >= 0.3 is 5.97 Å². The molecule has 0 radical (unpaired) electrons. The lowest BCUT2D eigenvalue weighted by Gasteiger charge is -2.28. The van der Waals surface area contributed by atoms with E-state index in [9.17, 15) is 53.1 Å². The van der Waals surface area contributed by atoms with Crippen LogP contribution in [0.25, 0.3) is 10.9 Å². The topological polar surface area (TPSA) is 486 Å². The summed E-state index contributed by atoms with van der Waals surface area (Å²) in [5.74, 6) is -10.3. The first-order valence-corrected chi connectivity index (χ1v) is 28.5. The second-order valence-corrected chi connectivity index (χ2v) is 21.6. The van der Waals surface area contributed by atoms with E-state index in [4.69, 9.17) is 28.7 Å². The zero-order chi connectivity index (χ0) is 59.7. The summed E-state index contributed by atoms with van der Waals surface area (Å²) in [6.07, 6.45) is 2.81. The Morgan fingerprint density at radius 3 is 1.85 bits per heavy atom. The Balaban J connectivity index is 1.60. The number of hydrogen-bond acceptors (Lipinski definition) is 15. The van der Waals surface area contributed by atoms with E-state index in [1.165, 1.54) is 19.4 Å². The standard InChI is InChI=1S/C51H70N18O11S2/c1-27(70)62-33(13-7-17-58-50(53)54)43(74)69-40-25-82-81-24-39(42(52)73)68-47(78)37(20-29-22-60-32-12-6-5-11-31(29)32)66-44(75)34(14-8-18-59-51(55)56)63-46(77)36(19-28-9-3-2-4-10-28)65-48(79)38(21-30-23-57-26-61-30)67-45(76)35(64-49(40)80)15-16-41(71)72/h2-6,9-12,22-23,26,33-40,60H,7-8,13-21,24-25H2,1H3,(H2,52,73)(H,57,61)(H,62,70)(H,63,77)(H,64,80)(H,65,79)(H,66,75)(H,67,76)(H,68,78)(H,69,74)(H,71,72)(H4,53,54,58)(H4,55,56,59)/t33-,34+,35-,36+,37-,38+,39-,40-/m0/s1. The number of nitrogens with one attached hydrogen (secondary N) is 10. The van der Waals surface area contributed by atoms with Gasteiger partial charge in [0, 0.05) is 86.2 Å². The van der Waals surface area contributed by atoms with Crippen LogP contribution < -0.4 is 71.2 Å². The third-order valence-electron chi connectivity index (χ3n) is 12.6. The van der Waals surface area contributed by atoms with Gasteiger partial charge in [-0.3, -0.25) is 57.9 Å². The minimum absolute atomic E-state index is 0.00244. The summed E-state index contributed by atoms with van der Waals surface area (Å²) in [4.78, 5) is 157. The van der Waals surface area contributed by atoms with Crippen LogP contribution >= 0.6 is 21.6 Å². The molecule has 2 aromatic carbocycles. The molecule has 9 amide bonds. The first-order chi connectivity index (χ1) is 39.2. The SMILES string of the molecule is CC(=O)N[C@@H](CCCN=C(N)N)C(=O)N[C@H]1CSSC[C@@H](C(N)=O)NC(=O)[C@H](Cc2c[nH]c3ccccc23)NC(=O)[C@@H](CCCN=C(N)N)NC(=O)[C@@H](Cc2ccccc2)NC(=O)[C@@H](Cc2cnc[nH]2)NC(=O)[C@H](CCC(=O)O)NC1=O. The number of primary amides is 1. The maximum absolute atomic E-state index is 14.7. The average molecular weight is 1180 g/mol. The number of imidazole rings is 1. The van der Waals surface area contributed by atoms with Crippen molar-refractivity contribution in [2.24, 2.45) is 38.7 Å². The molecular formula is C51H70N18O11S2. The van der Waals surface area contributed by atoms with Crippen LogP contribution in [0.15, 0.2) is 83.3 Å². The highest BCUT2D eigenvalue weighted by Gasteiger charge is 2.36. The Hall–Kier alpha value is -8.87. The number of aromatic amines is 2. The van der Waals surface area contributed by atoms with E-state index in [-0.39, 0.29) is 81.5 Å². The molecule has 3 heterocycles. The minimum atomic E-state index is -1.68. The lowest BCUT2D eigenvalue weighted by Crippen LogP contribution is -2.61. The van der Waals surface area contributed by atoms with Gasteiger partial charge in [-0.05, 0) is 49.3 Å². The highest BCUT2D eigenvalue weighted by molar-refractivity contribution is 8.76. The van der Waals surface area contributed by atoms with Gasteiger partial charge in [-0.25, -0.2) is 4.98 Å². The number of aliphatic imine (C=N–C) groups is 2. The smallest absolute Gasteiger partial charge is 0.303 e. The molecule has 5 rings (SSSR count). The zero-order valence-corrected chi connectivity index (χ0v) is 46.4. The van der Waals surface area contributed by atoms with Gasteiger partial charge < -0.3 is 86.3 Å². The largest absolute Gasteiger partial charge is 0.481 e. The van der Waals surface area contributed by atoms with E-state index in [1.54, 1.807) is 54.7 Å². The maximum atomic E-state index is 14.7. The van der Waals surface area contributed by atoms with Gasteiger partial charge in [-0.15, -0.1) is 0 Å². The van der Waals surface area contributed by atoms with Crippen LogP contribution in [0.1, 0.15) is 62.3 Å². The Morgan fingerprint density at radius 2 is 1.23 bits per heavy atom. The molecule has 1 saturated heterocycles. The number of nitrogens with two attached hydrogens (primary N) is 5. The summed E-state index contributed by atoms with van der Waals surface area (Å²) < 4.78 is 0. The summed E-state index contributed by atoms with van der Waals surface area (Å²) in [5.41, 5.74) is 30.1. The Kier molecular flexibility index (Phi) is 25.3. The molecule has 0 spiro atoms. The quantitative estimate of drug-likeness (QED) is 0.0168. The number of para-hydroxylation sites is 1. The summed E-state index contributed by atoms with van der Waals surface area (Å²) in [6, 6.07) is 3.98. The van der Waals surface area contributed by atoms with E-state index in [0.29, 0.717) is 22.2 Å². The van der Waals surface area contributed by atoms with Crippen LogP contribution in [0.3, 0.4) is 0 Å². The van der Waals surface area contributed by atoms with E-state index in [0.717, 1.165) is 27.1 Å². The molecule has 21 N–H and O–H groups in total. The molecule has 0 aliphatic carbocycles. The number of aromatic nitrogens is 3. The number of carboxylic acid groups (broad SMARTS) is 1. The lowest BCUT2D eigenvalue weighted by atomic mass is 10.0. The van der Waals surface area contributed by atoms with E-state index >= 15 is 0 Å². The maximum Gasteiger partial charge on any atom is 0.303 e. The van der Waals surface area contributed by atoms with Gasteiger partial charge in [0.2, 0.25) is 53.2 Å². The Labute approximate surface area is 478 Å². The number of fused-ring (bicyclic) bond motifs is 1. The number of amides is 9. The van der Waals surface area contributed by atoms with E-state index in [1.807, 2.05) is 6.07 Å². The molecule has 4 aromatic rings. The van der Waals surface area contributed by atoms with Gasteiger partial charge in [-0.1, -0.05) is 70.1 Å². The van der Waals surface area contributed by atoms with Crippen molar-refractivity contribution < 1.29 is 53.1 Å². The van der Waals surface area contributed by atoms with Gasteiger partial charge in [0.1, 0.15) is 48.3 Å². The van der Waals surface area contributed by atoms with Gasteiger partial charge in [-0.2, -0.15) is 0 Å². The lowest BCUT2D eigenvalue weighted by molar-refractivity contribution is -0.138. The number of carbonyl (C=O) groups is 10. The Morgan fingerprint density at radius 1 is 0.671 bits per heavy atom. The fourth-order valence-electron chi connectivity index (χ4n) is 8.46. The van der Waals surface area contributed by atoms with Crippen LogP contribution in [-0.2, 0) is 67.2 Å². The third kappa shape index (κ3) is 21.3. The highest BCUT2D eigenvalue weighted by atomic mass is 33.1. The van der Waals surface area contributed by atoms with Crippen molar-refractivity contribution >= 4 is 104 Å². The number of guanidine groups is 2. The number of carboxylic acids is 1. The van der Waals surface area contributed by atoms with Crippen molar-refractivity contribution in [2.75, 3.05) is 24.6 Å². The fourth-order valence-corrected chi connectivity index (χ4v) is 10.8. The molecule has 29 nitrogen and oxygen atoms in total. The van der Waals surface area contributed by atoms with Gasteiger partial charge in [0.05, 0.1) is 6.33 Å². The molecule has 0 bridgehead atoms. The number of nitrogens with zero attached hydrogens (tertiary/aromatic N) is 3. The third-order valence-corrected chi connectivity index (χ3v) is 15.0. The van der Waals surface area contributed by atoms with E-state index < -0.39 is 120 Å². The summed E-state index contributed by atoms with van der Waals surface area (Å²) in [6.45, 7) is 1.28. The van der Waals surface area contributed by atoms with Gasteiger partial charge in [0.15, 0.2) is 11.9 Å². The number of hydrogen-bond donors (Lipinski definition) is 16. The van der Waals surface area contributed by atoms with Crippen molar-refractivity contribution in [2.45, 2.75) is 113 Å². The molecular weight excluding hydrogens is 1100 g/mol. The zero-order valence-electron chi connectivity index (χ0n) is 44.8. The molecule has 442 valence electrons. The van der Waals surface area contributed by atoms with Crippen LogP contribution in [0.5, 0.6) is 0 Å². The van der Waals surface area contributed by atoms with Crippen molar-refractivity contribution in [1.29, 1.82) is 0 Å². The molecule has 1 aliphatic heterocycles. The van der Waals surface area contributed by atoms with E-state index in [2.05, 4.69) is 67.5 Å². The number of rotatable bonds is 21. The molecule has 0 unspecified atom stereocenters. The van der Waals surface area contributed by atoms with Crippen molar-refractivity contribution in [1.82, 2.24) is 57.5 Å². The fraction of sp³-hybridized carbons (Fsp3) is 0.431. The van der Waals surface area contributed by atoms with Crippen LogP contribution in [0.2, 0.25) is 0 Å². The molecule has 1 fully saturated rings. The summed E-state index contributed by atoms with van der Waals surface area (Å²) in [7, 11) is 1.88.